The lowest BCUT2D eigenvalue weighted by Gasteiger charge is -2.35. The Morgan fingerprint density at radius 1 is 1.00 bits per heavy atom. The molecule has 3 rings (SSSR count). The molecule has 0 unspecified atom stereocenters. The van der Waals surface area contributed by atoms with Crippen LogP contribution in [0.3, 0.4) is 0 Å². The summed E-state index contributed by atoms with van der Waals surface area (Å²) in [5.41, 5.74) is 2.81. The van der Waals surface area contributed by atoms with Gasteiger partial charge in [0.15, 0.2) is 0 Å². The van der Waals surface area contributed by atoms with Crippen molar-refractivity contribution in [3.05, 3.63) is 63.6 Å². The van der Waals surface area contributed by atoms with Crippen molar-refractivity contribution < 1.29 is 4.79 Å². The highest BCUT2D eigenvalue weighted by molar-refractivity contribution is 6.42. The van der Waals surface area contributed by atoms with E-state index in [2.05, 4.69) is 16.7 Å². The van der Waals surface area contributed by atoms with Crippen molar-refractivity contribution in [1.29, 1.82) is 0 Å². The lowest BCUT2D eigenvalue weighted by Crippen LogP contribution is -2.46. The minimum Gasteiger partial charge on any atom is -0.369 e. The van der Waals surface area contributed by atoms with E-state index in [1.165, 1.54) is 5.69 Å². The van der Waals surface area contributed by atoms with Crippen LogP contribution >= 0.6 is 23.2 Å². The van der Waals surface area contributed by atoms with Crippen molar-refractivity contribution in [3.63, 3.8) is 0 Å². The van der Waals surface area contributed by atoms with Gasteiger partial charge in [0.1, 0.15) is 0 Å². The van der Waals surface area contributed by atoms with Crippen molar-refractivity contribution in [2.75, 3.05) is 44.7 Å². The quantitative estimate of drug-likeness (QED) is 0.736. The van der Waals surface area contributed by atoms with Crippen LogP contribution in [0.25, 0.3) is 0 Å². The molecule has 4 nitrogen and oxygen atoms in total. The first-order chi connectivity index (χ1) is 13.0. The fourth-order valence-corrected chi connectivity index (χ4v) is 3.66. The maximum absolute atomic E-state index is 12.7. The molecule has 0 radical (unpaired) electrons. The highest BCUT2D eigenvalue weighted by Gasteiger charge is 2.17. The van der Waals surface area contributed by atoms with E-state index in [1.807, 2.05) is 30.3 Å². The van der Waals surface area contributed by atoms with E-state index in [1.54, 1.807) is 24.1 Å². The van der Waals surface area contributed by atoms with Gasteiger partial charge in [-0.25, -0.2) is 0 Å². The zero-order valence-corrected chi connectivity index (χ0v) is 17.3. The van der Waals surface area contributed by atoms with Crippen LogP contribution in [0.5, 0.6) is 0 Å². The van der Waals surface area contributed by atoms with Gasteiger partial charge in [0.05, 0.1) is 10.0 Å². The van der Waals surface area contributed by atoms with Gasteiger partial charge in [-0.2, -0.15) is 0 Å². The highest BCUT2D eigenvalue weighted by Crippen LogP contribution is 2.23. The van der Waals surface area contributed by atoms with Crippen LogP contribution in [0.2, 0.25) is 10.0 Å². The number of benzene rings is 2. The Hall–Kier alpha value is -1.75. The molecule has 0 atom stereocenters. The molecule has 1 heterocycles. The van der Waals surface area contributed by atoms with Gasteiger partial charge < -0.3 is 14.7 Å². The molecule has 0 bridgehead atoms. The molecule has 2 aromatic rings. The summed E-state index contributed by atoms with van der Waals surface area (Å²) in [7, 11) is 1.79. The number of nitrogens with zero attached hydrogens (tertiary/aromatic N) is 3. The first-order valence-electron chi connectivity index (χ1n) is 9.24. The third-order valence-electron chi connectivity index (χ3n) is 5.05. The lowest BCUT2D eigenvalue weighted by atomic mass is 10.1. The predicted molar refractivity (Wildman–Crippen MR) is 113 cm³/mol. The van der Waals surface area contributed by atoms with Gasteiger partial charge >= 0.3 is 0 Å². The zero-order chi connectivity index (χ0) is 19.4. The summed E-state index contributed by atoms with van der Waals surface area (Å²) in [5, 5.41) is 1.02. The van der Waals surface area contributed by atoms with Crippen LogP contribution in [0, 0.1) is 0 Å². The number of anilines is 1. The van der Waals surface area contributed by atoms with E-state index in [9.17, 15) is 4.79 Å². The van der Waals surface area contributed by atoms with Crippen LogP contribution in [0.15, 0.2) is 42.5 Å². The van der Waals surface area contributed by atoms with E-state index in [-0.39, 0.29) is 5.91 Å². The number of carbonyl (C=O) groups is 1. The third-order valence-corrected chi connectivity index (χ3v) is 5.79. The first kappa shape index (κ1) is 20.0. The minimum absolute atomic E-state index is 0.0107. The Kier molecular flexibility index (Phi) is 6.64. The largest absolute Gasteiger partial charge is 0.369 e. The molecule has 0 N–H and O–H groups in total. The molecule has 144 valence electrons. The molecule has 1 saturated heterocycles. The number of hydrogen-bond acceptors (Lipinski definition) is 3. The van der Waals surface area contributed by atoms with Crippen LogP contribution in [-0.4, -0.2) is 55.5 Å². The van der Waals surface area contributed by atoms with E-state index in [0.29, 0.717) is 22.2 Å². The van der Waals surface area contributed by atoms with E-state index < -0.39 is 0 Å². The smallest absolute Gasteiger partial charge is 0.253 e. The molecule has 1 amide bonds. The summed E-state index contributed by atoms with van der Waals surface area (Å²) < 4.78 is 0. The molecule has 1 aliphatic heterocycles. The number of piperazine rings is 1. The Morgan fingerprint density at radius 2 is 1.67 bits per heavy atom. The fraction of sp³-hybridized carbons (Fsp3) is 0.381. The normalized spacial score (nSPS) is 15.0. The van der Waals surface area contributed by atoms with Gasteiger partial charge in [0, 0.05) is 51.0 Å². The number of likely N-dealkylation sites (N-methyl/N-ethyl adjacent to an activating group) is 1. The number of halogens is 2. The summed E-state index contributed by atoms with van der Waals surface area (Å²) >= 11 is 12.0. The molecule has 27 heavy (non-hydrogen) atoms. The molecule has 0 saturated carbocycles. The summed E-state index contributed by atoms with van der Waals surface area (Å²) in [5.74, 6) is -0.0107. The standard InChI is InChI=1S/C21H25Cl2N3O/c1-3-25-10-12-26(13-11-25)18-7-5-17(6-8-18)21(27)24(2)15-16-4-9-19(22)20(23)14-16/h4-9,14H,3,10-13,15H2,1-2H3. The summed E-state index contributed by atoms with van der Waals surface area (Å²) in [4.78, 5) is 19.2. The molecule has 1 fully saturated rings. The van der Waals surface area contributed by atoms with Crippen molar-refractivity contribution in [3.8, 4) is 0 Å². The zero-order valence-electron chi connectivity index (χ0n) is 15.8. The lowest BCUT2D eigenvalue weighted by molar-refractivity contribution is 0.0785. The monoisotopic (exact) mass is 405 g/mol. The maximum atomic E-state index is 12.7. The molecule has 0 spiro atoms. The molecule has 0 aliphatic carbocycles. The predicted octanol–water partition coefficient (Wildman–Crippen LogP) is 4.41. The average molecular weight is 406 g/mol. The number of carbonyl (C=O) groups excluding carboxylic acids is 1. The summed E-state index contributed by atoms with van der Waals surface area (Å²) in [6, 6.07) is 13.3. The van der Waals surface area contributed by atoms with Crippen molar-refractivity contribution in [2.24, 2.45) is 0 Å². The second kappa shape index (κ2) is 8.96. The van der Waals surface area contributed by atoms with Gasteiger partial charge in [-0.1, -0.05) is 36.2 Å². The maximum Gasteiger partial charge on any atom is 0.253 e. The van der Waals surface area contributed by atoms with Gasteiger partial charge in [-0.15, -0.1) is 0 Å². The van der Waals surface area contributed by atoms with Crippen LogP contribution < -0.4 is 4.90 Å². The van der Waals surface area contributed by atoms with Gasteiger partial charge in [-0.3, -0.25) is 4.79 Å². The van der Waals surface area contributed by atoms with Crippen molar-refractivity contribution in [2.45, 2.75) is 13.5 Å². The van der Waals surface area contributed by atoms with Crippen LogP contribution in [0.4, 0.5) is 5.69 Å². The Bertz CT molecular complexity index is 787. The van der Waals surface area contributed by atoms with E-state index in [0.717, 1.165) is 38.3 Å². The Labute approximate surface area is 171 Å². The molecule has 1 aliphatic rings. The second-order valence-corrected chi connectivity index (χ2v) is 7.69. The topological polar surface area (TPSA) is 26.8 Å². The Morgan fingerprint density at radius 3 is 2.26 bits per heavy atom. The van der Waals surface area contributed by atoms with Crippen molar-refractivity contribution >= 4 is 34.8 Å². The SMILES string of the molecule is CCN1CCN(c2ccc(C(=O)N(C)Cc3ccc(Cl)c(Cl)c3)cc2)CC1. The minimum atomic E-state index is -0.0107. The molecular formula is C21H25Cl2N3O. The number of rotatable bonds is 5. The van der Waals surface area contributed by atoms with Crippen molar-refractivity contribution in [1.82, 2.24) is 9.80 Å². The van der Waals surface area contributed by atoms with Gasteiger partial charge in [0.2, 0.25) is 0 Å². The Balaban J connectivity index is 1.62. The molecule has 6 heteroatoms. The number of hydrogen-bond donors (Lipinski definition) is 0. The van der Waals surface area contributed by atoms with E-state index >= 15 is 0 Å². The third kappa shape index (κ3) is 4.95. The van der Waals surface area contributed by atoms with Gasteiger partial charge in [0.25, 0.3) is 5.91 Å². The summed E-state index contributed by atoms with van der Waals surface area (Å²) in [6.45, 7) is 8.01. The average Bonchev–Trinajstić information content (AvgIpc) is 2.70. The summed E-state index contributed by atoms with van der Waals surface area (Å²) in [6.07, 6.45) is 0. The van der Waals surface area contributed by atoms with Crippen LogP contribution in [-0.2, 0) is 6.54 Å². The van der Waals surface area contributed by atoms with Gasteiger partial charge in [-0.05, 0) is 48.5 Å². The second-order valence-electron chi connectivity index (χ2n) is 6.88. The number of amides is 1. The first-order valence-corrected chi connectivity index (χ1v) is 10.00. The van der Waals surface area contributed by atoms with E-state index in [4.69, 9.17) is 23.2 Å². The molecular weight excluding hydrogens is 381 g/mol. The molecule has 2 aromatic carbocycles. The fourth-order valence-electron chi connectivity index (χ4n) is 3.34. The highest BCUT2D eigenvalue weighted by atomic mass is 35.5. The van der Waals surface area contributed by atoms with Crippen LogP contribution in [0.1, 0.15) is 22.8 Å². The molecule has 0 aromatic heterocycles.